The number of hydrogen-bond donors (Lipinski definition) is 1. The van der Waals surface area contributed by atoms with Crippen molar-refractivity contribution < 1.29 is 9.53 Å². The van der Waals surface area contributed by atoms with Gasteiger partial charge in [-0.15, -0.1) is 0 Å². The molecule has 126 valence electrons. The van der Waals surface area contributed by atoms with Gasteiger partial charge in [0.15, 0.2) is 0 Å². The fraction of sp³-hybridized carbons (Fsp3) is 0.0556. The van der Waals surface area contributed by atoms with Crippen LogP contribution in [-0.4, -0.2) is 29.2 Å². The lowest BCUT2D eigenvalue weighted by atomic mass is 10.1. The molecule has 0 fully saturated rings. The van der Waals surface area contributed by atoms with Crippen molar-refractivity contribution in [3.05, 3.63) is 70.8 Å². The van der Waals surface area contributed by atoms with E-state index in [2.05, 4.69) is 36.3 Å². The predicted molar refractivity (Wildman–Crippen MR) is 99.8 cm³/mol. The third kappa shape index (κ3) is 4.13. The van der Waals surface area contributed by atoms with Gasteiger partial charge in [0, 0.05) is 21.8 Å². The van der Waals surface area contributed by atoms with E-state index < -0.39 is 6.09 Å². The van der Waals surface area contributed by atoms with E-state index in [1.165, 1.54) is 7.11 Å². The largest absolute Gasteiger partial charge is 0.452 e. The van der Waals surface area contributed by atoms with Crippen molar-refractivity contribution in [2.45, 2.75) is 0 Å². The molecule has 3 aromatic rings. The molecule has 0 radical (unpaired) electrons. The van der Waals surface area contributed by atoms with E-state index in [9.17, 15) is 4.79 Å². The van der Waals surface area contributed by atoms with Gasteiger partial charge in [-0.3, -0.25) is 0 Å². The second-order valence-corrected chi connectivity index (χ2v) is 6.00. The van der Waals surface area contributed by atoms with Crippen molar-refractivity contribution in [1.29, 1.82) is 0 Å². The smallest absolute Gasteiger partial charge is 0.427 e. The van der Waals surface area contributed by atoms with Crippen molar-refractivity contribution >= 4 is 28.2 Å². The molecule has 2 aromatic carbocycles. The number of hydrogen-bond acceptors (Lipinski definition) is 4. The monoisotopic (exact) mass is 398 g/mol. The van der Waals surface area contributed by atoms with E-state index in [1.807, 2.05) is 60.8 Å². The van der Waals surface area contributed by atoms with Crippen LogP contribution in [0.25, 0.3) is 16.9 Å². The standard InChI is InChI=1S/C18H15BrN4O2/c1-25-18(24)21-20-11-14-12-23(16-8-3-2-4-9-16)22-17(14)13-6-5-7-15(19)10-13/h2-12H,1H3,(H,21,24)/b20-11-. The summed E-state index contributed by atoms with van der Waals surface area (Å²) in [4.78, 5) is 11.2. The van der Waals surface area contributed by atoms with Crippen LogP contribution in [0.15, 0.2) is 70.4 Å². The first-order chi connectivity index (χ1) is 12.2. The molecule has 25 heavy (non-hydrogen) atoms. The zero-order valence-corrected chi connectivity index (χ0v) is 15.0. The van der Waals surface area contributed by atoms with Gasteiger partial charge in [-0.25, -0.2) is 14.9 Å². The maximum absolute atomic E-state index is 11.2. The third-order valence-corrected chi connectivity index (χ3v) is 3.90. The molecule has 3 rings (SSSR count). The number of ether oxygens (including phenoxy) is 1. The lowest BCUT2D eigenvalue weighted by molar-refractivity contribution is 0.171. The van der Waals surface area contributed by atoms with Gasteiger partial charge >= 0.3 is 6.09 Å². The Balaban J connectivity index is 2.02. The van der Waals surface area contributed by atoms with Gasteiger partial charge in [-0.2, -0.15) is 10.2 Å². The minimum absolute atomic E-state index is 0.629. The van der Waals surface area contributed by atoms with Crippen molar-refractivity contribution in [2.24, 2.45) is 5.10 Å². The van der Waals surface area contributed by atoms with Crippen LogP contribution in [0, 0.1) is 0 Å². The van der Waals surface area contributed by atoms with Crippen molar-refractivity contribution in [3.8, 4) is 16.9 Å². The number of para-hydroxylation sites is 1. The highest BCUT2D eigenvalue weighted by molar-refractivity contribution is 9.10. The van der Waals surface area contributed by atoms with Gasteiger partial charge in [-0.1, -0.05) is 46.3 Å². The minimum atomic E-state index is -0.629. The van der Waals surface area contributed by atoms with Gasteiger partial charge < -0.3 is 4.74 Å². The Bertz CT molecular complexity index is 906. The Morgan fingerprint density at radius 3 is 2.76 bits per heavy atom. The zero-order chi connectivity index (χ0) is 17.6. The molecule has 0 unspecified atom stereocenters. The van der Waals surface area contributed by atoms with Crippen LogP contribution in [0.4, 0.5) is 4.79 Å². The molecular weight excluding hydrogens is 384 g/mol. The molecule has 0 atom stereocenters. The van der Waals surface area contributed by atoms with E-state index in [0.717, 1.165) is 27.0 Å². The normalized spacial score (nSPS) is 10.8. The van der Waals surface area contributed by atoms with Crippen molar-refractivity contribution in [3.63, 3.8) is 0 Å². The molecule has 0 aliphatic rings. The number of amides is 1. The maximum Gasteiger partial charge on any atom is 0.427 e. The number of nitrogens with zero attached hydrogens (tertiary/aromatic N) is 3. The SMILES string of the molecule is COC(=O)N/N=C\c1cn(-c2ccccc2)nc1-c1cccc(Br)c1. The Labute approximate surface area is 153 Å². The fourth-order valence-electron chi connectivity index (χ4n) is 2.26. The molecule has 1 heterocycles. The number of nitrogens with one attached hydrogen (secondary N) is 1. The maximum atomic E-state index is 11.2. The lowest BCUT2D eigenvalue weighted by Gasteiger charge is -2.01. The highest BCUT2D eigenvalue weighted by Crippen LogP contribution is 2.25. The average Bonchev–Trinajstić information content (AvgIpc) is 3.06. The van der Waals surface area contributed by atoms with E-state index in [1.54, 1.807) is 10.9 Å². The summed E-state index contributed by atoms with van der Waals surface area (Å²) in [5.74, 6) is 0. The molecular formula is C18H15BrN4O2. The summed E-state index contributed by atoms with van der Waals surface area (Å²) < 4.78 is 7.23. The second kappa shape index (κ2) is 7.76. The molecule has 6 nitrogen and oxygen atoms in total. The first-order valence-electron chi connectivity index (χ1n) is 7.45. The number of benzene rings is 2. The number of halogens is 1. The predicted octanol–water partition coefficient (Wildman–Crippen LogP) is 3.99. The highest BCUT2D eigenvalue weighted by atomic mass is 79.9. The number of carbonyl (C=O) groups excluding carboxylic acids is 1. The van der Waals surface area contributed by atoms with Gasteiger partial charge in [0.2, 0.25) is 0 Å². The Hall–Kier alpha value is -2.93. The molecule has 0 saturated heterocycles. The molecule has 1 aromatic heterocycles. The summed E-state index contributed by atoms with van der Waals surface area (Å²) in [5, 5.41) is 8.58. The quantitative estimate of drug-likeness (QED) is 0.533. The third-order valence-electron chi connectivity index (χ3n) is 3.41. The van der Waals surface area contributed by atoms with Crippen LogP contribution in [0.5, 0.6) is 0 Å². The minimum Gasteiger partial charge on any atom is -0.452 e. The number of methoxy groups -OCH3 is 1. The fourth-order valence-corrected chi connectivity index (χ4v) is 2.65. The number of hydrazone groups is 1. The molecule has 0 bridgehead atoms. The first kappa shape index (κ1) is 16.9. The summed E-state index contributed by atoms with van der Waals surface area (Å²) in [7, 11) is 1.28. The van der Waals surface area contributed by atoms with Crippen LogP contribution >= 0.6 is 15.9 Å². The van der Waals surface area contributed by atoms with E-state index in [-0.39, 0.29) is 0 Å². The first-order valence-corrected chi connectivity index (χ1v) is 8.25. The zero-order valence-electron chi connectivity index (χ0n) is 13.4. The van der Waals surface area contributed by atoms with E-state index in [0.29, 0.717) is 0 Å². The molecule has 0 saturated carbocycles. The van der Waals surface area contributed by atoms with Crippen LogP contribution in [0.2, 0.25) is 0 Å². The molecule has 0 spiro atoms. The summed E-state index contributed by atoms with van der Waals surface area (Å²) in [6.07, 6.45) is 2.77. The lowest BCUT2D eigenvalue weighted by Crippen LogP contribution is -2.16. The second-order valence-electron chi connectivity index (χ2n) is 5.09. The summed E-state index contributed by atoms with van der Waals surface area (Å²) in [6.45, 7) is 0. The average molecular weight is 399 g/mol. The topological polar surface area (TPSA) is 68.5 Å². The molecule has 7 heteroatoms. The van der Waals surface area contributed by atoms with Crippen LogP contribution in [0.1, 0.15) is 5.56 Å². The molecule has 1 N–H and O–H groups in total. The molecule has 0 aliphatic carbocycles. The van der Waals surface area contributed by atoms with Crippen LogP contribution < -0.4 is 5.43 Å². The number of rotatable bonds is 4. The van der Waals surface area contributed by atoms with Gasteiger partial charge in [0.25, 0.3) is 0 Å². The van der Waals surface area contributed by atoms with Gasteiger partial charge in [0.1, 0.15) is 5.69 Å². The number of aromatic nitrogens is 2. The molecule has 0 aliphatic heterocycles. The van der Waals surface area contributed by atoms with Gasteiger partial charge in [-0.05, 0) is 24.3 Å². The van der Waals surface area contributed by atoms with Crippen molar-refractivity contribution in [1.82, 2.24) is 15.2 Å². The van der Waals surface area contributed by atoms with Crippen molar-refractivity contribution in [2.75, 3.05) is 7.11 Å². The molecule has 1 amide bonds. The summed E-state index contributed by atoms with van der Waals surface area (Å²) >= 11 is 3.48. The highest BCUT2D eigenvalue weighted by Gasteiger charge is 2.11. The van der Waals surface area contributed by atoms with Crippen LogP contribution in [-0.2, 0) is 4.74 Å². The van der Waals surface area contributed by atoms with E-state index >= 15 is 0 Å². The number of carbonyl (C=O) groups is 1. The van der Waals surface area contributed by atoms with E-state index in [4.69, 9.17) is 0 Å². The summed E-state index contributed by atoms with van der Waals surface area (Å²) in [6, 6.07) is 17.6. The van der Waals surface area contributed by atoms with Crippen LogP contribution in [0.3, 0.4) is 0 Å². The Morgan fingerprint density at radius 2 is 2.04 bits per heavy atom. The summed E-state index contributed by atoms with van der Waals surface area (Å²) in [5.41, 5.74) is 5.66. The Kier molecular flexibility index (Phi) is 5.25. The Morgan fingerprint density at radius 1 is 1.24 bits per heavy atom. The van der Waals surface area contributed by atoms with Gasteiger partial charge in [0.05, 0.1) is 19.0 Å².